The van der Waals surface area contributed by atoms with E-state index in [4.69, 9.17) is 0 Å². The van der Waals surface area contributed by atoms with Crippen molar-refractivity contribution in [3.8, 4) is 0 Å². The third-order valence-corrected chi connectivity index (χ3v) is 5.73. The van der Waals surface area contributed by atoms with Gasteiger partial charge >= 0.3 is 0 Å². The molecule has 2 aromatic rings. The second kappa shape index (κ2) is 7.51. The van der Waals surface area contributed by atoms with Gasteiger partial charge in [-0.15, -0.1) is 0 Å². The third kappa shape index (κ3) is 3.68. The molecule has 1 aliphatic heterocycles. The molecule has 3 heterocycles. The van der Waals surface area contributed by atoms with Crippen molar-refractivity contribution in [2.24, 2.45) is 13.0 Å². The maximum atomic E-state index is 4.57. The minimum absolute atomic E-state index is 0.350. The van der Waals surface area contributed by atoms with Gasteiger partial charge in [-0.25, -0.2) is 9.67 Å². The average Bonchev–Trinajstić information content (AvgIpc) is 3.33. The molecule has 1 saturated heterocycles. The topological polar surface area (TPSA) is 87.6 Å². The SMILES string of the molecule is Cn1nnnc1N1CCC(NC(c2ncc[nH]2)C2CCCCC2)CC1. The molecule has 0 radical (unpaired) electrons. The number of piperidine rings is 1. The summed E-state index contributed by atoms with van der Waals surface area (Å²) in [5.41, 5.74) is 0. The maximum Gasteiger partial charge on any atom is 0.245 e. The molecule has 136 valence electrons. The number of rotatable bonds is 5. The number of anilines is 1. The first-order chi connectivity index (χ1) is 12.3. The molecule has 1 saturated carbocycles. The largest absolute Gasteiger partial charge is 0.347 e. The molecule has 2 fully saturated rings. The van der Waals surface area contributed by atoms with Crippen molar-refractivity contribution >= 4 is 5.95 Å². The summed E-state index contributed by atoms with van der Waals surface area (Å²) in [6, 6.07) is 0.873. The fourth-order valence-electron chi connectivity index (χ4n) is 4.35. The number of aryl methyl sites for hydroxylation is 1. The van der Waals surface area contributed by atoms with E-state index in [1.54, 1.807) is 4.68 Å². The van der Waals surface area contributed by atoms with Gasteiger partial charge in [0, 0.05) is 38.6 Å². The number of H-pyrrole nitrogens is 1. The Kier molecular flexibility index (Phi) is 4.96. The van der Waals surface area contributed by atoms with Crippen LogP contribution < -0.4 is 10.2 Å². The van der Waals surface area contributed by atoms with E-state index in [0.717, 1.165) is 37.7 Å². The van der Waals surface area contributed by atoms with Crippen LogP contribution in [0.5, 0.6) is 0 Å². The van der Waals surface area contributed by atoms with E-state index in [0.29, 0.717) is 18.0 Å². The lowest BCUT2D eigenvalue weighted by Crippen LogP contribution is -2.46. The lowest BCUT2D eigenvalue weighted by molar-refractivity contribution is 0.234. The van der Waals surface area contributed by atoms with Crippen LogP contribution in [0.2, 0.25) is 0 Å². The zero-order valence-corrected chi connectivity index (χ0v) is 14.9. The van der Waals surface area contributed by atoms with Crippen molar-refractivity contribution in [3.05, 3.63) is 18.2 Å². The number of aromatic nitrogens is 6. The Bertz CT molecular complexity index is 637. The second-order valence-electron chi connectivity index (χ2n) is 7.38. The Hall–Kier alpha value is -1.96. The van der Waals surface area contributed by atoms with Crippen molar-refractivity contribution in [3.63, 3.8) is 0 Å². The molecule has 2 aliphatic rings. The molecule has 8 heteroatoms. The van der Waals surface area contributed by atoms with Crippen molar-refractivity contribution in [2.45, 2.75) is 57.0 Å². The van der Waals surface area contributed by atoms with Crippen LogP contribution >= 0.6 is 0 Å². The Balaban J connectivity index is 1.39. The molecule has 25 heavy (non-hydrogen) atoms. The van der Waals surface area contributed by atoms with Crippen LogP contribution in [0.1, 0.15) is 56.8 Å². The molecule has 1 unspecified atom stereocenters. The number of nitrogens with zero attached hydrogens (tertiary/aromatic N) is 6. The van der Waals surface area contributed by atoms with Gasteiger partial charge in [0.05, 0.1) is 6.04 Å². The summed E-state index contributed by atoms with van der Waals surface area (Å²) in [7, 11) is 1.90. The number of hydrogen-bond donors (Lipinski definition) is 2. The molecule has 1 aliphatic carbocycles. The molecular weight excluding hydrogens is 316 g/mol. The molecule has 8 nitrogen and oxygen atoms in total. The average molecular weight is 344 g/mol. The predicted octanol–water partition coefficient (Wildman–Crippen LogP) is 1.81. The summed E-state index contributed by atoms with van der Waals surface area (Å²) < 4.78 is 1.75. The van der Waals surface area contributed by atoms with Crippen LogP contribution in [0, 0.1) is 5.92 Å². The lowest BCUT2D eigenvalue weighted by atomic mass is 9.83. The summed E-state index contributed by atoms with van der Waals surface area (Å²) in [5, 5.41) is 15.8. The van der Waals surface area contributed by atoms with E-state index < -0.39 is 0 Å². The highest BCUT2D eigenvalue weighted by molar-refractivity contribution is 5.28. The normalized spacial score (nSPS) is 21.6. The summed E-state index contributed by atoms with van der Waals surface area (Å²) >= 11 is 0. The minimum Gasteiger partial charge on any atom is -0.347 e. The van der Waals surface area contributed by atoms with Crippen LogP contribution in [0.15, 0.2) is 12.4 Å². The molecular formula is C17H28N8. The van der Waals surface area contributed by atoms with E-state index in [9.17, 15) is 0 Å². The van der Waals surface area contributed by atoms with Crippen molar-refractivity contribution in [1.82, 2.24) is 35.5 Å². The van der Waals surface area contributed by atoms with E-state index in [1.807, 2.05) is 19.4 Å². The van der Waals surface area contributed by atoms with Crippen LogP contribution in [0.3, 0.4) is 0 Å². The van der Waals surface area contributed by atoms with Gasteiger partial charge in [0.15, 0.2) is 0 Å². The number of hydrogen-bond acceptors (Lipinski definition) is 6. The molecule has 0 aromatic carbocycles. The third-order valence-electron chi connectivity index (χ3n) is 5.73. The predicted molar refractivity (Wildman–Crippen MR) is 95.1 cm³/mol. The highest BCUT2D eigenvalue weighted by Gasteiger charge is 2.30. The molecule has 4 rings (SSSR count). The molecule has 2 N–H and O–H groups in total. The highest BCUT2D eigenvalue weighted by atomic mass is 15.6. The smallest absolute Gasteiger partial charge is 0.245 e. The van der Waals surface area contributed by atoms with Crippen molar-refractivity contribution in [2.75, 3.05) is 18.0 Å². The fraction of sp³-hybridized carbons (Fsp3) is 0.765. The summed E-state index contributed by atoms with van der Waals surface area (Å²) in [5.74, 6) is 2.67. The zero-order valence-electron chi connectivity index (χ0n) is 14.9. The number of nitrogens with one attached hydrogen (secondary N) is 2. The van der Waals surface area contributed by atoms with E-state index in [2.05, 4.69) is 35.7 Å². The van der Waals surface area contributed by atoms with Crippen LogP contribution in [0.25, 0.3) is 0 Å². The Morgan fingerprint density at radius 2 is 1.96 bits per heavy atom. The van der Waals surface area contributed by atoms with Gasteiger partial charge in [-0.05, 0) is 42.0 Å². The first-order valence-electron chi connectivity index (χ1n) is 9.54. The fourth-order valence-corrected chi connectivity index (χ4v) is 4.35. The van der Waals surface area contributed by atoms with E-state index >= 15 is 0 Å². The van der Waals surface area contributed by atoms with Gasteiger partial charge in [-0.2, -0.15) is 0 Å². The van der Waals surface area contributed by atoms with Gasteiger partial charge < -0.3 is 15.2 Å². The van der Waals surface area contributed by atoms with Gasteiger partial charge in [-0.1, -0.05) is 24.4 Å². The number of imidazole rings is 1. The van der Waals surface area contributed by atoms with Crippen molar-refractivity contribution < 1.29 is 0 Å². The van der Waals surface area contributed by atoms with Crippen LogP contribution in [-0.4, -0.2) is 49.3 Å². The first kappa shape index (κ1) is 16.5. The van der Waals surface area contributed by atoms with Crippen molar-refractivity contribution in [1.29, 1.82) is 0 Å². The molecule has 0 bridgehead atoms. The number of tetrazole rings is 1. The van der Waals surface area contributed by atoms with Gasteiger partial charge in [-0.3, -0.25) is 0 Å². The molecule has 0 spiro atoms. The van der Waals surface area contributed by atoms with Gasteiger partial charge in [0.2, 0.25) is 5.95 Å². The quantitative estimate of drug-likeness (QED) is 0.860. The zero-order chi connectivity index (χ0) is 17.1. The standard InChI is InChI=1S/C17H28N8/c1-24-17(21-22-23-24)25-11-7-14(8-12-25)20-15(16-18-9-10-19-16)13-5-3-2-4-6-13/h9-10,13-15,20H,2-8,11-12H2,1H3,(H,18,19). The van der Waals surface area contributed by atoms with Crippen LogP contribution in [0.4, 0.5) is 5.95 Å². The Morgan fingerprint density at radius 3 is 2.60 bits per heavy atom. The number of aromatic amines is 1. The summed E-state index contributed by atoms with van der Waals surface area (Å²) in [4.78, 5) is 10.2. The lowest BCUT2D eigenvalue weighted by Gasteiger charge is -2.37. The first-order valence-corrected chi connectivity index (χ1v) is 9.54. The van der Waals surface area contributed by atoms with E-state index in [1.165, 1.54) is 32.1 Å². The second-order valence-corrected chi connectivity index (χ2v) is 7.38. The van der Waals surface area contributed by atoms with Gasteiger partial charge in [0.1, 0.15) is 5.82 Å². The Morgan fingerprint density at radius 1 is 1.16 bits per heavy atom. The van der Waals surface area contributed by atoms with Gasteiger partial charge in [0.25, 0.3) is 0 Å². The minimum atomic E-state index is 0.350. The van der Waals surface area contributed by atoms with Crippen LogP contribution in [-0.2, 0) is 7.05 Å². The maximum absolute atomic E-state index is 4.57. The van der Waals surface area contributed by atoms with E-state index in [-0.39, 0.29) is 0 Å². The molecule has 1 atom stereocenters. The summed E-state index contributed by atoms with van der Waals surface area (Å²) in [6.07, 6.45) is 12.7. The molecule has 2 aromatic heterocycles. The molecule has 0 amide bonds. The monoisotopic (exact) mass is 344 g/mol. The Labute approximate surface area is 148 Å². The summed E-state index contributed by atoms with van der Waals surface area (Å²) in [6.45, 7) is 1.98. The highest BCUT2D eigenvalue weighted by Crippen LogP contribution is 2.34.